The minimum Gasteiger partial charge on any atom is -0.236 e. The Morgan fingerprint density at radius 3 is 1.91 bits per heavy atom. The highest BCUT2D eigenvalue weighted by Crippen LogP contribution is 2.55. The maximum absolute atomic E-state index is 5.20. The Morgan fingerprint density at radius 2 is 1.34 bits per heavy atom. The monoisotopic (exact) mass is 412 g/mol. The van der Waals surface area contributed by atoms with Gasteiger partial charge in [-0.1, -0.05) is 116 Å². The summed E-state index contributed by atoms with van der Waals surface area (Å²) in [5, 5.41) is 0. The van der Waals surface area contributed by atoms with Crippen molar-refractivity contribution in [2.24, 2.45) is 0 Å². The molecule has 1 aliphatic rings. The molecule has 0 fully saturated rings. The SMILES string of the molecule is C=C1/C(=C\C=C/C)c2cnc(-c3ccccc3)nc2C1(c1ccccc1)c1ccccc1. The van der Waals surface area contributed by atoms with Gasteiger partial charge in [-0.05, 0) is 29.2 Å². The van der Waals surface area contributed by atoms with Gasteiger partial charge in [0.15, 0.2) is 5.82 Å². The second kappa shape index (κ2) is 8.24. The van der Waals surface area contributed by atoms with E-state index in [-0.39, 0.29) is 0 Å². The molecule has 1 aromatic heterocycles. The Hall–Kier alpha value is -4.04. The molecular formula is C30H24N2. The summed E-state index contributed by atoms with van der Waals surface area (Å²) < 4.78 is 0. The molecule has 0 spiro atoms. The summed E-state index contributed by atoms with van der Waals surface area (Å²) in [4.78, 5) is 9.95. The van der Waals surface area contributed by atoms with Gasteiger partial charge < -0.3 is 0 Å². The maximum Gasteiger partial charge on any atom is 0.159 e. The second-order valence-corrected chi connectivity index (χ2v) is 7.89. The highest BCUT2D eigenvalue weighted by Gasteiger charge is 2.49. The summed E-state index contributed by atoms with van der Waals surface area (Å²) in [6.45, 7) is 6.66. The average molecular weight is 413 g/mol. The van der Waals surface area contributed by atoms with Crippen LogP contribution < -0.4 is 0 Å². The third-order valence-corrected chi connectivity index (χ3v) is 6.11. The smallest absolute Gasteiger partial charge is 0.159 e. The van der Waals surface area contributed by atoms with Crippen LogP contribution in [0, 0.1) is 0 Å². The third kappa shape index (κ3) is 3.04. The minimum absolute atomic E-state index is 0.586. The van der Waals surface area contributed by atoms with Crippen molar-refractivity contribution in [3.8, 4) is 11.4 Å². The Bertz CT molecular complexity index is 1280. The number of benzene rings is 3. The van der Waals surface area contributed by atoms with E-state index < -0.39 is 5.41 Å². The first-order valence-corrected chi connectivity index (χ1v) is 10.8. The molecule has 0 atom stereocenters. The van der Waals surface area contributed by atoms with Crippen LogP contribution in [0.2, 0.25) is 0 Å². The van der Waals surface area contributed by atoms with E-state index in [9.17, 15) is 0 Å². The summed E-state index contributed by atoms with van der Waals surface area (Å²) >= 11 is 0. The number of rotatable bonds is 4. The van der Waals surface area contributed by atoms with E-state index in [1.165, 1.54) is 0 Å². The average Bonchev–Trinajstić information content (AvgIpc) is 3.12. The van der Waals surface area contributed by atoms with Crippen molar-refractivity contribution in [2.45, 2.75) is 12.3 Å². The molecule has 4 aromatic rings. The lowest BCUT2D eigenvalue weighted by atomic mass is 9.69. The summed E-state index contributed by atoms with van der Waals surface area (Å²) in [6, 6.07) is 31.3. The summed E-state index contributed by atoms with van der Waals surface area (Å²) in [7, 11) is 0. The van der Waals surface area contributed by atoms with E-state index in [1.54, 1.807) is 0 Å². The number of allylic oxidation sites excluding steroid dienone is 5. The van der Waals surface area contributed by atoms with Crippen molar-refractivity contribution in [1.29, 1.82) is 0 Å². The van der Waals surface area contributed by atoms with Crippen molar-refractivity contribution in [3.63, 3.8) is 0 Å². The molecule has 2 nitrogen and oxygen atoms in total. The fourth-order valence-corrected chi connectivity index (χ4v) is 4.65. The standard InChI is InChI=1S/C30H24N2/c1-3-4-20-26-22(2)30(24-16-10-6-11-17-24,25-18-12-7-13-19-25)28-27(26)21-31-29(32-28)23-14-8-5-9-15-23/h3-21H,2H2,1H3/b4-3-,26-20+. The van der Waals surface area contributed by atoms with Crippen LogP contribution in [0.5, 0.6) is 0 Å². The van der Waals surface area contributed by atoms with Crippen LogP contribution in [0.1, 0.15) is 29.3 Å². The molecule has 0 radical (unpaired) electrons. The van der Waals surface area contributed by atoms with Crippen molar-refractivity contribution < 1.29 is 0 Å². The quantitative estimate of drug-likeness (QED) is 0.360. The molecule has 5 rings (SSSR count). The topological polar surface area (TPSA) is 25.8 Å². The van der Waals surface area contributed by atoms with Crippen molar-refractivity contribution in [1.82, 2.24) is 9.97 Å². The molecule has 1 aliphatic carbocycles. The number of hydrogen-bond donors (Lipinski definition) is 0. The molecule has 32 heavy (non-hydrogen) atoms. The van der Waals surface area contributed by atoms with E-state index >= 15 is 0 Å². The van der Waals surface area contributed by atoms with Gasteiger partial charge in [0.1, 0.15) is 0 Å². The van der Waals surface area contributed by atoms with Crippen molar-refractivity contribution >= 4 is 5.57 Å². The predicted octanol–water partition coefficient (Wildman–Crippen LogP) is 7.01. The van der Waals surface area contributed by atoms with Gasteiger partial charge in [-0.2, -0.15) is 0 Å². The molecule has 0 unspecified atom stereocenters. The molecule has 0 aliphatic heterocycles. The largest absolute Gasteiger partial charge is 0.236 e. The van der Waals surface area contributed by atoms with E-state index in [0.717, 1.165) is 44.9 Å². The summed E-state index contributed by atoms with van der Waals surface area (Å²) in [5.74, 6) is 0.723. The highest BCUT2D eigenvalue weighted by atomic mass is 14.9. The molecular weight excluding hydrogens is 388 g/mol. The Balaban J connectivity index is 1.88. The number of aromatic nitrogens is 2. The second-order valence-electron chi connectivity index (χ2n) is 7.89. The fraction of sp³-hybridized carbons (Fsp3) is 0.0667. The van der Waals surface area contributed by atoms with Gasteiger partial charge >= 0.3 is 0 Å². The Morgan fingerprint density at radius 1 is 0.781 bits per heavy atom. The van der Waals surface area contributed by atoms with Crippen LogP contribution in [-0.2, 0) is 5.41 Å². The predicted molar refractivity (Wildman–Crippen MR) is 132 cm³/mol. The van der Waals surface area contributed by atoms with Crippen LogP contribution in [-0.4, -0.2) is 9.97 Å². The lowest BCUT2D eigenvalue weighted by Crippen LogP contribution is -2.29. The van der Waals surface area contributed by atoms with Gasteiger partial charge in [-0.15, -0.1) is 0 Å². The van der Waals surface area contributed by atoms with Crippen LogP contribution >= 0.6 is 0 Å². The number of hydrogen-bond acceptors (Lipinski definition) is 2. The molecule has 154 valence electrons. The van der Waals surface area contributed by atoms with E-state index in [0.29, 0.717) is 0 Å². The fourth-order valence-electron chi connectivity index (χ4n) is 4.65. The van der Waals surface area contributed by atoms with Gasteiger partial charge in [0.25, 0.3) is 0 Å². The van der Waals surface area contributed by atoms with Crippen LogP contribution in [0.15, 0.2) is 128 Å². The van der Waals surface area contributed by atoms with Crippen LogP contribution in [0.3, 0.4) is 0 Å². The zero-order valence-corrected chi connectivity index (χ0v) is 18.1. The molecule has 1 heterocycles. The van der Waals surface area contributed by atoms with Gasteiger partial charge in [0.2, 0.25) is 0 Å². The maximum atomic E-state index is 5.20. The molecule has 0 saturated carbocycles. The Kier molecular flexibility index (Phi) is 5.12. The number of fused-ring (bicyclic) bond motifs is 1. The van der Waals surface area contributed by atoms with Crippen molar-refractivity contribution in [2.75, 3.05) is 0 Å². The first kappa shape index (κ1) is 19.9. The van der Waals surface area contributed by atoms with Gasteiger partial charge in [0.05, 0.1) is 11.1 Å². The van der Waals surface area contributed by atoms with Crippen molar-refractivity contribution in [3.05, 3.63) is 150 Å². The molecule has 0 N–H and O–H groups in total. The molecule has 0 bridgehead atoms. The van der Waals surface area contributed by atoms with Gasteiger partial charge in [-0.25, -0.2) is 9.97 Å². The Labute approximate surface area is 189 Å². The molecule has 0 saturated heterocycles. The summed E-state index contributed by atoms with van der Waals surface area (Å²) in [5.41, 5.74) is 6.82. The molecule has 0 amide bonds. The molecule has 2 heteroatoms. The zero-order chi connectivity index (χ0) is 22.0. The van der Waals surface area contributed by atoms with E-state index in [4.69, 9.17) is 9.97 Å². The van der Waals surface area contributed by atoms with E-state index in [1.807, 2.05) is 49.5 Å². The highest BCUT2D eigenvalue weighted by molar-refractivity contribution is 5.93. The summed E-state index contributed by atoms with van der Waals surface area (Å²) in [6.07, 6.45) is 8.17. The van der Waals surface area contributed by atoms with E-state index in [2.05, 4.69) is 79.4 Å². The first-order valence-electron chi connectivity index (χ1n) is 10.8. The third-order valence-electron chi connectivity index (χ3n) is 6.11. The van der Waals surface area contributed by atoms with Gasteiger partial charge in [0, 0.05) is 17.3 Å². The lowest BCUT2D eigenvalue weighted by Gasteiger charge is -2.32. The molecule has 3 aromatic carbocycles. The lowest BCUT2D eigenvalue weighted by molar-refractivity contribution is 0.738. The van der Waals surface area contributed by atoms with Crippen LogP contribution in [0.4, 0.5) is 0 Å². The number of nitrogens with zero attached hydrogens (tertiary/aromatic N) is 2. The zero-order valence-electron chi connectivity index (χ0n) is 18.1. The van der Waals surface area contributed by atoms with Crippen LogP contribution in [0.25, 0.3) is 17.0 Å². The normalized spacial score (nSPS) is 15.9. The minimum atomic E-state index is -0.586. The first-order chi connectivity index (χ1) is 15.8. The van der Waals surface area contributed by atoms with Gasteiger partial charge in [-0.3, -0.25) is 0 Å².